The van der Waals surface area contributed by atoms with Gasteiger partial charge in [0.15, 0.2) is 0 Å². The lowest BCUT2D eigenvalue weighted by atomic mass is 10.0. The maximum absolute atomic E-state index is 11.4. The molecule has 0 heterocycles. The largest absolute Gasteiger partial charge is 0.469 e. The van der Waals surface area contributed by atoms with Crippen molar-refractivity contribution in [3.05, 3.63) is 31.2 Å². The van der Waals surface area contributed by atoms with Crippen LogP contribution in [0.3, 0.4) is 0 Å². The highest BCUT2D eigenvalue weighted by molar-refractivity contribution is 6.52. The van der Waals surface area contributed by atoms with E-state index < -0.39 is 11.9 Å². The number of methoxy groups -OCH3 is 2. The molecule has 0 spiro atoms. The molecule has 4 nitrogen and oxygen atoms in total. The number of carbonyl (C=O) groups excluding carboxylic acids is 2. The topological polar surface area (TPSA) is 52.6 Å². The number of ether oxygens (including phenoxy) is 2. The van der Waals surface area contributed by atoms with Crippen LogP contribution in [-0.2, 0) is 31.9 Å². The van der Waals surface area contributed by atoms with Crippen molar-refractivity contribution in [2.24, 2.45) is 0 Å². The minimum atomic E-state index is -0.549. The molecule has 0 aliphatic rings. The molecule has 0 aromatic heterocycles. The maximum Gasteiger partial charge on any atom is 0.310 e. The molecule has 0 aliphatic carbocycles. The Labute approximate surface area is 135 Å². The Hall–Kier alpha value is -0.680. The van der Waals surface area contributed by atoms with Crippen LogP contribution in [0.4, 0.5) is 0 Å². The van der Waals surface area contributed by atoms with Crippen LogP contribution in [0.5, 0.6) is 0 Å². The highest BCUT2D eigenvalue weighted by atomic mass is 35.5. The molecule has 0 radical (unpaired) electrons. The number of carbonyl (C=O) groups is 2. The molecule has 1 aromatic rings. The van der Waals surface area contributed by atoms with Crippen molar-refractivity contribution in [2.75, 3.05) is 14.2 Å². The van der Waals surface area contributed by atoms with Crippen molar-refractivity contribution in [2.45, 2.75) is 12.8 Å². The van der Waals surface area contributed by atoms with Gasteiger partial charge < -0.3 is 9.47 Å². The molecule has 0 saturated carbocycles. The second-order valence-corrected chi connectivity index (χ2v) is 5.23. The molecule has 8 heteroatoms. The Morgan fingerprint density at radius 2 is 1.05 bits per heavy atom. The van der Waals surface area contributed by atoms with Crippen LogP contribution in [0, 0.1) is 0 Å². The second-order valence-electron chi connectivity index (χ2n) is 3.72. The Balaban J connectivity index is 3.43. The van der Waals surface area contributed by atoms with Crippen molar-refractivity contribution in [3.8, 4) is 0 Å². The number of hydrogen-bond acceptors (Lipinski definition) is 4. The highest BCUT2D eigenvalue weighted by Crippen LogP contribution is 2.42. The zero-order chi connectivity index (χ0) is 15.4. The minimum Gasteiger partial charge on any atom is -0.469 e. The van der Waals surface area contributed by atoms with E-state index in [9.17, 15) is 9.59 Å². The summed E-state index contributed by atoms with van der Waals surface area (Å²) >= 11 is 24.0. The van der Waals surface area contributed by atoms with Gasteiger partial charge in [-0.1, -0.05) is 46.4 Å². The summed E-state index contributed by atoms with van der Waals surface area (Å²) in [4.78, 5) is 22.9. The average molecular weight is 360 g/mol. The van der Waals surface area contributed by atoms with Crippen molar-refractivity contribution >= 4 is 58.3 Å². The fourth-order valence-electron chi connectivity index (χ4n) is 1.52. The first-order valence-electron chi connectivity index (χ1n) is 5.30. The van der Waals surface area contributed by atoms with Gasteiger partial charge in [0, 0.05) is 0 Å². The normalized spacial score (nSPS) is 10.3. The van der Waals surface area contributed by atoms with E-state index in [1.807, 2.05) is 0 Å². The number of esters is 2. The van der Waals surface area contributed by atoms with Crippen LogP contribution in [0.2, 0.25) is 20.1 Å². The van der Waals surface area contributed by atoms with E-state index in [1.54, 1.807) is 0 Å². The Kier molecular flexibility index (Phi) is 6.40. The number of halogens is 4. The second kappa shape index (κ2) is 7.36. The van der Waals surface area contributed by atoms with Crippen molar-refractivity contribution in [1.29, 1.82) is 0 Å². The molecule has 0 fully saturated rings. The molecule has 0 aliphatic heterocycles. The van der Waals surface area contributed by atoms with Crippen molar-refractivity contribution in [3.63, 3.8) is 0 Å². The lowest BCUT2D eigenvalue weighted by Crippen LogP contribution is -2.12. The van der Waals surface area contributed by atoms with Crippen LogP contribution in [0.25, 0.3) is 0 Å². The third-order valence-electron chi connectivity index (χ3n) is 2.57. The van der Waals surface area contributed by atoms with Gasteiger partial charge in [0.1, 0.15) is 0 Å². The summed E-state index contributed by atoms with van der Waals surface area (Å²) in [5.41, 5.74) is 0.589. The zero-order valence-corrected chi connectivity index (χ0v) is 13.6. The first-order chi connectivity index (χ1) is 9.33. The summed E-state index contributed by atoms with van der Waals surface area (Å²) in [5.74, 6) is -1.10. The summed E-state index contributed by atoms with van der Waals surface area (Å²) in [5, 5.41) is 0.160. The van der Waals surface area contributed by atoms with Gasteiger partial charge in [0.05, 0.1) is 47.2 Å². The molecular formula is C12H10Cl4O4. The zero-order valence-electron chi connectivity index (χ0n) is 10.6. The molecule has 20 heavy (non-hydrogen) atoms. The van der Waals surface area contributed by atoms with Gasteiger partial charge in [-0.2, -0.15) is 0 Å². The van der Waals surface area contributed by atoms with Gasteiger partial charge >= 0.3 is 11.9 Å². The predicted molar refractivity (Wildman–Crippen MR) is 77.9 cm³/mol. The first-order valence-corrected chi connectivity index (χ1v) is 6.81. The molecular weight excluding hydrogens is 350 g/mol. The molecule has 0 atom stereocenters. The molecule has 1 rings (SSSR count). The third-order valence-corrected chi connectivity index (χ3v) is 4.45. The molecule has 0 N–H and O–H groups in total. The van der Waals surface area contributed by atoms with Gasteiger partial charge in [-0.3, -0.25) is 9.59 Å². The van der Waals surface area contributed by atoms with Crippen LogP contribution in [-0.4, -0.2) is 26.2 Å². The predicted octanol–water partition coefficient (Wildman–Crippen LogP) is 3.73. The van der Waals surface area contributed by atoms with Crippen LogP contribution in [0.15, 0.2) is 0 Å². The maximum atomic E-state index is 11.4. The summed E-state index contributed by atoms with van der Waals surface area (Å²) in [6, 6.07) is 0. The van der Waals surface area contributed by atoms with Gasteiger partial charge in [-0.15, -0.1) is 0 Å². The Morgan fingerprint density at radius 3 is 1.30 bits per heavy atom. The SMILES string of the molecule is COC(=O)Cc1c(Cl)c(Cl)c(Cl)c(Cl)c1CC(=O)OC. The van der Waals surface area contributed by atoms with Gasteiger partial charge in [-0.25, -0.2) is 0 Å². The third kappa shape index (κ3) is 3.70. The quantitative estimate of drug-likeness (QED) is 0.467. The van der Waals surface area contributed by atoms with E-state index in [-0.39, 0.29) is 32.9 Å². The highest BCUT2D eigenvalue weighted by Gasteiger charge is 2.23. The average Bonchev–Trinajstić information content (AvgIpc) is 2.45. The molecule has 0 unspecified atom stereocenters. The smallest absolute Gasteiger partial charge is 0.310 e. The first kappa shape index (κ1) is 17.4. The summed E-state index contributed by atoms with van der Waals surface area (Å²) in [6.45, 7) is 0. The summed E-state index contributed by atoms with van der Waals surface area (Å²) < 4.78 is 9.15. The van der Waals surface area contributed by atoms with E-state index in [2.05, 4.69) is 9.47 Å². The molecule has 110 valence electrons. The van der Waals surface area contributed by atoms with Gasteiger partial charge in [-0.05, 0) is 11.1 Å². The fourth-order valence-corrected chi connectivity index (χ4v) is 2.59. The molecule has 0 bridgehead atoms. The Morgan fingerprint density at radius 1 is 0.750 bits per heavy atom. The van der Waals surface area contributed by atoms with E-state index in [4.69, 9.17) is 46.4 Å². The van der Waals surface area contributed by atoms with Crippen molar-refractivity contribution < 1.29 is 19.1 Å². The minimum absolute atomic E-state index is 0.0193. The molecule has 0 saturated heterocycles. The van der Waals surface area contributed by atoms with Gasteiger partial charge in [0.25, 0.3) is 0 Å². The van der Waals surface area contributed by atoms with E-state index in [1.165, 1.54) is 14.2 Å². The van der Waals surface area contributed by atoms with Gasteiger partial charge in [0.2, 0.25) is 0 Å². The van der Waals surface area contributed by atoms with Crippen LogP contribution in [0.1, 0.15) is 11.1 Å². The lowest BCUT2D eigenvalue weighted by molar-refractivity contribution is -0.141. The monoisotopic (exact) mass is 358 g/mol. The van der Waals surface area contributed by atoms with E-state index >= 15 is 0 Å². The summed E-state index contributed by atoms with van der Waals surface area (Å²) in [6.07, 6.45) is -0.365. The number of rotatable bonds is 4. The molecule has 1 aromatic carbocycles. The standard InChI is InChI=1S/C12H10Cl4O4/c1-19-7(17)3-5-6(4-8(18)20-2)10(14)12(16)11(15)9(5)13/h3-4H2,1-2H3. The number of benzene rings is 1. The van der Waals surface area contributed by atoms with Crippen LogP contribution >= 0.6 is 46.4 Å². The van der Waals surface area contributed by atoms with E-state index in [0.717, 1.165) is 0 Å². The summed E-state index contributed by atoms with van der Waals surface area (Å²) in [7, 11) is 2.46. The fraction of sp³-hybridized carbons (Fsp3) is 0.333. The molecule has 0 amide bonds. The van der Waals surface area contributed by atoms with Crippen molar-refractivity contribution in [1.82, 2.24) is 0 Å². The van der Waals surface area contributed by atoms with E-state index in [0.29, 0.717) is 11.1 Å². The van der Waals surface area contributed by atoms with Crippen LogP contribution < -0.4 is 0 Å². The Bertz CT molecular complexity index is 508. The lowest BCUT2D eigenvalue weighted by Gasteiger charge is -2.15. The number of hydrogen-bond donors (Lipinski definition) is 0.